The number of halogens is 1. The number of urea groups is 1. The third-order valence-electron chi connectivity index (χ3n) is 5.40. The molecule has 1 aliphatic rings. The van der Waals surface area contributed by atoms with E-state index >= 15 is 0 Å². The molecule has 0 radical (unpaired) electrons. The molecule has 8 heteroatoms. The van der Waals surface area contributed by atoms with Gasteiger partial charge in [-0.1, -0.05) is 29.8 Å². The molecule has 0 fully saturated rings. The normalized spacial score (nSPS) is 12.9. The molecule has 0 saturated carbocycles. The van der Waals surface area contributed by atoms with Crippen LogP contribution in [0.5, 0.6) is 0 Å². The van der Waals surface area contributed by atoms with Crippen LogP contribution in [-0.2, 0) is 24.2 Å². The van der Waals surface area contributed by atoms with Gasteiger partial charge in [0.25, 0.3) is 5.91 Å². The molecule has 2 aromatic carbocycles. The van der Waals surface area contributed by atoms with Crippen LogP contribution in [0.25, 0.3) is 0 Å². The van der Waals surface area contributed by atoms with Gasteiger partial charge in [0.1, 0.15) is 0 Å². The number of carbonyl (C=O) groups excluding carboxylic acids is 2. The molecule has 1 heterocycles. The van der Waals surface area contributed by atoms with E-state index < -0.39 is 0 Å². The van der Waals surface area contributed by atoms with Crippen LogP contribution in [0.15, 0.2) is 36.4 Å². The number of ether oxygens (including phenoxy) is 1. The number of hydrogen-bond donors (Lipinski definition) is 3. The summed E-state index contributed by atoms with van der Waals surface area (Å²) in [6.45, 7) is 7.05. The number of benzene rings is 2. The fourth-order valence-corrected chi connectivity index (χ4v) is 3.84. The quantitative estimate of drug-likeness (QED) is 0.473. The molecule has 1 aliphatic heterocycles. The molecule has 0 bridgehead atoms. The molecule has 0 aromatic heterocycles. The summed E-state index contributed by atoms with van der Waals surface area (Å²) in [5.74, 6) is 0.0668. The van der Waals surface area contributed by atoms with Crippen LogP contribution >= 0.6 is 11.6 Å². The molecular formula is C24H31ClN4O3. The summed E-state index contributed by atoms with van der Waals surface area (Å²) < 4.78 is 5.53. The Balaban J connectivity index is 1.49. The van der Waals surface area contributed by atoms with Gasteiger partial charge in [0.15, 0.2) is 0 Å². The number of fused-ring (bicyclic) bond motifs is 1. The summed E-state index contributed by atoms with van der Waals surface area (Å²) in [6, 6.07) is 11.0. The largest absolute Gasteiger partial charge is 0.380 e. The first-order chi connectivity index (χ1) is 15.4. The van der Waals surface area contributed by atoms with Crippen LogP contribution in [0.4, 0.5) is 10.5 Å². The summed E-state index contributed by atoms with van der Waals surface area (Å²) in [7, 11) is 1.89. The SMILES string of the molecule is CNCCOCCc1ccc(NC(=O)NCc2ccc3c(c2)CN(C(C)C)C3=O)cc1Cl. The van der Waals surface area contributed by atoms with E-state index in [-0.39, 0.29) is 18.0 Å². The molecule has 2 aromatic rings. The zero-order valence-electron chi connectivity index (χ0n) is 18.8. The molecule has 0 aliphatic carbocycles. The predicted molar refractivity (Wildman–Crippen MR) is 127 cm³/mol. The molecule has 7 nitrogen and oxygen atoms in total. The van der Waals surface area contributed by atoms with Gasteiger partial charge in [-0.15, -0.1) is 0 Å². The van der Waals surface area contributed by atoms with E-state index in [1.165, 1.54) is 0 Å². The lowest BCUT2D eigenvalue weighted by molar-refractivity contribution is 0.0730. The van der Waals surface area contributed by atoms with Gasteiger partial charge in [-0.25, -0.2) is 4.79 Å². The van der Waals surface area contributed by atoms with E-state index in [9.17, 15) is 9.59 Å². The fraction of sp³-hybridized carbons (Fsp3) is 0.417. The number of carbonyl (C=O) groups is 2. The standard InChI is InChI=1S/C24H31ClN4O3/c1-16(2)29-15-19-12-17(4-7-21(19)23(29)30)14-27-24(31)28-20-6-5-18(22(25)13-20)8-10-32-11-9-26-3/h4-7,12-13,16,26H,8-11,14-15H2,1-3H3,(H2,27,28,31). The average Bonchev–Trinajstić information content (AvgIpc) is 3.09. The van der Waals surface area contributed by atoms with Gasteiger partial charge in [-0.05, 0) is 62.2 Å². The fourth-order valence-electron chi connectivity index (χ4n) is 3.57. The van der Waals surface area contributed by atoms with Gasteiger partial charge in [-0.3, -0.25) is 4.79 Å². The highest BCUT2D eigenvalue weighted by Gasteiger charge is 2.28. The number of rotatable bonds is 10. The summed E-state index contributed by atoms with van der Waals surface area (Å²) in [6.07, 6.45) is 0.712. The average molecular weight is 459 g/mol. The third-order valence-corrected chi connectivity index (χ3v) is 5.75. The number of nitrogens with one attached hydrogen (secondary N) is 3. The molecule has 3 amide bonds. The lowest BCUT2D eigenvalue weighted by Crippen LogP contribution is -2.30. The minimum absolute atomic E-state index is 0.0668. The van der Waals surface area contributed by atoms with E-state index in [4.69, 9.17) is 16.3 Å². The number of hydrogen-bond acceptors (Lipinski definition) is 4. The predicted octanol–water partition coefficient (Wildman–Crippen LogP) is 3.80. The maximum Gasteiger partial charge on any atom is 0.319 e. The minimum Gasteiger partial charge on any atom is -0.380 e. The van der Waals surface area contributed by atoms with Gasteiger partial charge in [0, 0.05) is 41.9 Å². The van der Waals surface area contributed by atoms with Gasteiger partial charge < -0.3 is 25.6 Å². The number of amides is 3. The topological polar surface area (TPSA) is 82.7 Å². The Labute approximate surface area is 194 Å². The molecular weight excluding hydrogens is 428 g/mol. The van der Waals surface area contributed by atoms with Crippen LogP contribution < -0.4 is 16.0 Å². The van der Waals surface area contributed by atoms with E-state index in [0.717, 1.165) is 28.8 Å². The second-order valence-corrected chi connectivity index (χ2v) is 8.51. The summed E-state index contributed by atoms with van der Waals surface area (Å²) >= 11 is 6.35. The zero-order valence-corrected chi connectivity index (χ0v) is 19.6. The smallest absolute Gasteiger partial charge is 0.319 e. The number of nitrogens with zero attached hydrogens (tertiary/aromatic N) is 1. The Morgan fingerprint density at radius 1 is 1.19 bits per heavy atom. The second kappa shape index (κ2) is 11.3. The van der Waals surface area contributed by atoms with Crippen LogP contribution in [0.2, 0.25) is 5.02 Å². The number of anilines is 1. The summed E-state index contributed by atoms with van der Waals surface area (Å²) in [5.41, 5.74) is 4.29. The molecule has 0 unspecified atom stereocenters. The van der Waals surface area contributed by atoms with E-state index in [0.29, 0.717) is 43.4 Å². The van der Waals surface area contributed by atoms with Gasteiger partial charge in [0.05, 0.1) is 13.2 Å². The van der Waals surface area contributed by atoms with Crippen LogP contribution in [0, 0.1) is 0 Å². The minimum atomic E-state index is -0.315. The monoisotopic (exact) mass is 458 g/mol. The molecule has 172 valence electrons. The Bertz CT molecular complexity index is 964. The van der Waals surface area contributed by atoms with E-state index in [1.807, 2.05) is 56.1 Å². The van der Waals surface area contributed by atoms with Crippen LogP contribution in [0.3, 0.4) is 0 Å². The second-order valence-electron chi connectivity index (χ2n) is 8.10. The molecule has 32 heavy (non-hydrogen) atoms. The van der Waals surface area contributed by atoms with E-state index in [1.54, 1.807) is 6.07 Å². The van der Waals surface area contributed by atoms with Crippen molar-refractivity contribution in [2.45, 2.75) is 39.4 Å². The third kappa shape index (κ3) is 6.22. The van der Waals surface area contributed by atoms with Crippen molar-refractivity contribution in [3.63, 3.8) is 0 Å². The Kier molecular flexibility index (Phi) is 8.50. The Hall–Kier alpha value is -2.61. The molecule has 0 spiro atoms. The first-order valence-corrected chi connectivity index (χ1v) is 11.2. The van der Waals surface area contributed by atoms with Crippen molar-refractivity contribution in [3.05, 3.63) is 63.7 Å². The van der Waals surface area contributed by atoms with Crippen LogP contribution in [-0.4, -0.2) is 49.7 Å². The van der Waals surface area contributed by atoms with Crippen molar-refractivity contribution >= 4 is 29.2 Å². The highest BCUT2D eigenvalue weighted by atomic mass is 35.5. The van der Waals surface area contributed by atoms with Gasteiger partial charge >= 0.3 is 6.03 Å². The first-order valence-electron chi connectivity index (χ1n) is 10.9. The molecule has 0 atom stereocenters. The zero-order chi connectivity index (χ0) is 23.1. The Morgan fingerprint density at radius 2 is 2.00 bits per heavy atom. The molecule has 3 rings (SSSR count). The highest BCUT2D eigenvalue weighted by molar-refractivity contribution is 6.31. The van der Waals surface area contributed by atoms with Crippen molar-refractivity contribution < 1.29 is 14.3 Å². The lowest BCUT2D eigenvalue weighted by atomic mass is 10.1. The van der Waals surface area contributed by atoms with E-state index in [2.05, 4.69) is 16.0 Å². The summed E-state index contributed by atoms with van der Waals surface area (Å²) in [5, 5.41) is 9.29. The van der Waals surface area contributed by atoms with Gasteiger partial charge in [-0.2, -0.15) is 0 Å². The maximum atomic E-state index is 12.4. The Morgan fingerprint density at radius 3 is 2.72 bits per heavy atom. The van der Waals surface area contributed by atoms with Crippen molar-refractivity contribution in [1.29, 1.82) is 0 Å². The van der Waals surface area contributed by atoms with Gasteiger partial charge in [0.2, 0.25) is 0 Å². The van der Waals surface area contributed by atoms with Crippen molar-refractivity contribution in [2.75, 3.05) is 32.1 Å². The lowest BCUT2D eigenvalue weighted by Gasteiger charge is -2.19. The van der Waals surface area contributed by atoms with Crippen molar-refractivity contribution in [1.82, 2.24) is 15.5 Å². The first kappa shape index (κ1) is 24.0. The highest BCUT2D eigenvalue weighted by Crippen LogP contribution is 2.26. The molecule has 3 N–H and O–H groups in total. The summed E-state index contributed by atoms with van der Waals surface area (Å²) in [4.78, 5) is 26.6. The van der Waals surface area contributed by atoms with Crippen LogP contribution in [0.1, 0.15) is 40.9 Å². The van der Waals surface area contributed by atoms with Crippen molar-refractivity contribution in [2.24, 2.45) is 0 Å². The molecule has 0 saturated heterocycles. The number of likely N-dealkylation sites (N-methyl/N-ethyl adjacent to an activating group) is 1. The maximum absolute atomic E-state index is 12.4. The van der Waals surface area contributed by atoms with Crippen molar-refractivity contribution in [3.8, 4) is 0 Å².